The number of nitrogens with zero attached hydrogens (tertiary/aromatic N) is 5. The van der Waals surface area contributed by atoms with E-state index in [1.165, 1.54) is 57.7 Å². The molecule has 2 heterocycles. The number of hydrogen-bond acceptors (Lipinski definition) is 5. The number of benzene rings is 3. The SMILES string of the molecule is CCCc1ccc(C)cc1N1CCSC1=NC(=O)CC1CC1c1ccc(-c2ncn(-c3ccc(OC(F)(F)F)cc3)n2)cc1. The molecule has 1 saturated carbocycles. The number of carbonyl (C=O) groups excluding carboxylic acids is 1. The second-order valence-electron chi connectivity index (χ2n) is 11.2. The van der Waals surface area contributed by atoms with Gasteiger partial charge in [0, 0.05) is 30.0 Å². The summed E-state index contributed by atoms with van der Waals surface area (Å²) < 4.78 is 42.7. The first-order valence-electron chi connectivity index (χ1n) is 14.7. The minimum absolute atomic E-state index is 0.0686. The third-order valence-corrected chi connectivity index (χ3v) is 8.79. The monoisotopic (exact) mass is 619 g/mol. The minimum Gasteiger partial charge on any atom is -0.406 e. The third-order valence-electron chi connectivity index (χ3n) is 7.83. The molecular formula is C33H32F3N5O2S. The second-order valence-corrected chi connectivity index (χ2v) is 12.2. The number of aryl methyl sites for hydroxylation is 2. The number of anilines is 1. The fourth-order valence-corrected chi connectivity index (χ4v) is 6.55. The molecule has 44 heavy (non-hydrogen) atoms. The Morgan fingerprint density at radius 3 is 2.59 bits per heavy atom. The standard InChI is InChI=1S/C33H32F3N5O2S/c1-3-4-23-6-5-21(2)17-29(23)40-15-16-44-32(40)38-30(42)19-25-18-28(25)22-7-9-24(10-8-22)31-37-20-41(39-31)26-11-13-27(14-12-26)43-33(34,35)36/h5-14,17,20,25,28H,3-4,15-16,18-19H2,1-2H3. The molecule has 2 fully saturated rings. The van der Waals surface area contributed by atoms with Crippen LogP contribution in [-0.2, 0) is 11.2 Å². The molecule has 0 N–H and O–H groups in total. The van der Waals surface area contributed by atoms with Crippen LogP contribution in [0.25, 0.3) is 17.1 Å². The minimum atomic E-state index is -4.74. The van der Waals surface area contributed by atoms with Crippen molar-refractivity contribution < 1.29 is 22.7 Å². The van der Waals surface area contributed by atoms with E-state index in [4.69, 9.17) is 0 Å². The molecule has 7 nitrogen and oxygen atoms in total. The lowest BCUT2D eigenvalue weighted by molar-refractivity contribution is -0.274. The fourth-order valence-electron chi connectivity index (χ4n) is 5.58. The predicted molar refractivity (Wildman–Crippen MR) is 166 cm³/mol. The van der Waals surface area contributed by atoms with Crippen molar-refractivity contribution in [2.45, 2.75) is 51.8 Å². The molecule has 1 aromatic heterocycles. The maximum Gasteiger partial charge on any atom is 0.573 e. The summed E-state index contributed by atoms with van der Waals surface area (Å²) in [5, 5.41) is 5.28. The predicted octanol–water partition coefficient (Wildman–Crippen LogP) is 7.72. The van der Waals surface area contributed by atoms with Crippen LogP contribution in [0, 0.1) is 12.8 Å². The number of ether oxygens (including phenoxy) is 1. The van der Waals surface area contributed by atoms with E-state index in [9.17, 15) is 18.0 Å². The van der Waals surface area contributed by atoms with Crippen molar-refractivity contribution in [3.63, 3.8) is 0 Å². The van der Waals surface area contributed by atoms with Gasteiger partial charge in [0.15, 0.2) is 11.0 Å². The first kappa shape index (κ1) is 29.9. The molecule has 2 aliphatic rings. The van der Waals surface area contributed by atoms with Crippen molar-refractivity contribution in [3.8, 4) is 22.8 Å². The first-order chi connectivity index (χ1) is 21.2. The Balaban J connectivity index is 1.06. The largest absolute Gasteiger partial charge is 0.573 e. The normalized spacial score (nSPS) is 19.0. The van der Waals surface area contributed by atoms with Gasteiger partial charge in [-0.1, -0.05) is 61.5 Å². The fraction of sp³-hybridized carbons (Fsp3) is 0.333. The first-order valence-corrected chi connectivity index (χ1v) is 15.6. The number of thioether (sulfide) groups is 1. The molecule has 11 heteroatoms. The van der Waals surface area contributed by atoms with Crippen LogP contribution in [0.15, 0.2) is 78.0 Å². The Bertz CT molecular complexity index is 1670. The van der Waals surface area contributed by atoms with E-state index in [-0.39, 0.29) is 17.6 Å². The highest BCUT2D eigenvalue weighted by atomic mass is 32.2. The van der Waals surface area contributed by atoms with Gasteiger partial charge in [0.25, 0.3) is 0 Å². The van der Waals surface area contributed by atoms with E-state index >= 15 is 0 Å². The molecular weight excluding hydrogens is 587 g/mol. The van der Waals surface area contributed by atoms with Crippen LogP contribution in [0.5, 0.6) is 5.75 Å². The van der Waals surface area contributed by atoms with Crippen molar-refractivity contribution in [2.24, 2.45) is 10.9 Å². The summed E-state index contributed by atoms with van der Waals surface area (Å²) in [5.41, 5.74) is 6.21. The van der Waals surface area contributed by atoms with Crippen LogP contribution in [0.1, 0.15) is 48.8 Å². The zero-order chi connectivity index (χ0) is 30.8. The molecule has 6 rings (SSSR count). The van der Waals surface area contributed by atoms with E-state index in [1.807, 2.05) is 24.3 Å². The van der Waals surface area contributed by atoms with Crippen LogP contribution in [0.3, 0.4) is 0 Å². The summed E-state index contributed by atoms with van der Waals surface area (Å²) >= 11 is 1.65. The van der Waals surface area contributed by atoms with Crippen molar-refractivity contribution in [3.05, 3.63) is 89.7 Å². The Kier molecular flexibility index (Phi) is 8.48. The van der Waals surface area contributed by atoms with Crippen LogP contribution >= 0.6 is 11.8 Å². The van der Waals surface area contributed by atoms with Crippen molar-refractivity contribution in [2.75, 3.05) is 17.2 Å². The Morgan fingerprint density at radius 2 is 1.86 bits per heavy atom. The molecule has 2 atom stereocenters. The van der Waals surface area contributed by atoms with E-state index in [0.717, 1.165) is 42.3 Å². The summed E-state index contributed by atoms with van der Waals surface area (Å²) in [6.45, 7) is 5.12. The van der Waals surface area contributed by atoms with Crippen LogP contribution in [-0.4, -0.2) is 44.5 Å². The lowest BCUT2D eigenvalue weighted by atomic mass is 10.0. The van der Waals surface area contributed by atoms with Gasteiger partial charge in [-0.25, -0.2) is 9.67 Å². The van der Waals surface area contributed by atoms with Gasteiger partial charge in [0.1, 0.15) is 12.1 Å². The average molecular weight is 620 g/mol. The number of rotatable bonds is 9. The number of aromatic nitrogens is 3. The molecule has 0 radical (unpaired) electrons. The van der Waals surface area contributed by atoms with Gasteiger partial charge in [0.2, 0.25) is 5.91 Å². The molecule has 1 aliphatic heterocycles. The summed E-state index contributed by atoms with van der Waals surface area (Å²) in [4.78, 5) is 24.1. The van der Waals surface area contributed by atoms with Crippen LogP contribution < -0.4 is 9.64 Å². The second kappa shape index (κ2) is 12.5. The highest BCUT2D eigenvalue weighted by Gasteiger charge is 2.40. The van der Waals surface area contributed by atoms with Gasteiger partial charge in [0.05, 0.1) is 5.69 Å². The van der Waals surface area contributed by atoms with E-state index in [0.29, 0.717) is 23.9 Å². The maximum absolute atomic E-state index is 13.0. The molecule has 1 amide bonds. The van der Waals surface area contributed by atoms with Crippen LogP contribution in [0.2, 0.25) is 0 Å². The number of halogens is 3. The number of hydrogen-bond donors (Lipinski definition) is 0. The van der Waals surface area contributed by atoms with Gasteiger partial charge in [-0.15, -0.1) is 18.3 Å². The molecule has 0 bridgehead atoms. The van der Waals surface area contributed by atoms with Gasteiger partial charge >= 0.3 is 6.36 Å². The molecule has 0 spiro atoms. The lowest BCUT2D eigenvalue weighted by Gasteiger charge is -2.22. The number of amides is 1. The number of carbonyl (C=O) groups is 1. The summed E-state index contributed by atoms with van der Waals surface area (Å²) in [6.07, 6.45) is 0.213. The Labute approximate surface area is 258 Å². The Morgan fingerprint density at radius 1 is 1.09 bits per heavy atom. The van der Waals surface area contributed by atoms with Gasteiger partial charge in [-0.05, 0) is 78.6 Å². The molecule has 2 unspecified atom stereocenters. The molecule has 3 aromatic carbocycles. The number of alkyl halides is 3. The molecule has 1 saturated heterocycles. The topological polar surface area (TPSA) is 72.6 Å². The Hall–Kier alpha value is -4.12. The van der Waals surface area contributed by atoms with Gasteiger partial charge in [-0.3, -0.25) is 4.79 Å². The summed E-state index contributed by atoms with van der Waals surface area (Å²) in [7, 11) is 0. The van der Waals surface area contributed by atoms with Crippen molar-refractivity contribution in [1.29, 1.82) is 0 Å². The maximum atomic E-state index is 13.0. The molecule has 4 aromatic rings. The molecule has 228 valence electrons. The van der Waals surface area contributed by atoms with Gasteiger partial charge in [-0.2, -0.15) is 4.99 Å². The third kappa shape index (κ3) is 6.99. The van der Waals surface area contributed by atoms with Crippen molar-refractivity contribution >= 4 is 28.5 Å². The lowest BCUT2D eigenvalue weighted by Crippen LogP contribution is -2.26. The van der Waals surface area contributed by atoms with E-state index < -0.39 is 6.36 Å². The summed E-state index contributed by atoms with van der Waals surface area (Å²) in [5.74, 6) is 1.64. The highest BCUT2D eigenvalue weighted by Crippen LogP contribution is 2.50. The number of aliphatic imine (C=N–C) groups is 1. The zero-order valence-corrected chi connectivity index (χ0v) is 25.2. The quantitative estimate of drug-likeness (QED) is 0.191. The van der Waals surface area contributed by atoms with E-state index in [2.05, 4.69) is 56.8 Å². The smallest absolute Gasteiger partial charge is 0.406 e. The summed E-state index contributed by atoms with van der Waals surface area (Å²) in [6, 6.07) is 20.0. The average Bonchev–Trinajstić information content (AvgIpc) is 3.34. The van der Waals surface area contributed by atoms with Gasteiger partial charge < -0.3 is 9.64 Å². The van der Waals surface area contributed by atoms with Crippen LogP contribution in [0.4, 0.5) is 18.9 Å². The van der Waals surface area contributed by atoms with E-state index in [1.54, 1.807) is 11.8 Å². The highest BCUT2D eigenvalue weighted by molar-refractivity contribution is 8.14. The van der Waals surface area contributed by atoms with Crippen molar-refractivity contribution in [1.82, 2.24) is 14.8 Å². The molecule has 1 aliphatic carbocycles. The zero-order valence-electron chi connectivity index (χ0n) is 24.4. The number of amidine groups is 1.